The molecule has 0 aliphatic carbocycles. The first kappa shape index (κ1) is 10.2. The highest BCUT2D eigenvalue weighted by atomic mass is 16.4. The number of aromatic nitrogens is 1. The smallest absolute Gasteiger partial charge is 0.335 e. The van der Waals surface area contributed by atoms with Crippen molar-refractivity contribution in [2.75, 3.05) is 0 Å². The fourth-order valence-electron chi connectivity index (χ4n) is 1.54. The maximum Gasteiger partial charge on any atom is 0.335 e. The molecule has 0 amide bonds. The van der Waals surface area contributed by atoms with Gasteiger partial charge in [-0.1, -0.05) is 12.6 Å². The van der Waals surface area contributed by atoms with Crippen molar-refractivity contribution in [1.29, 1.82) is 0 Å². The van der Waals surface area contributed by atoms with Gasteiger partial charge in [0, 0.05) is 11.6 Å². The Balaban J connectivity index is 2.77. The average molecular weight is 215 g/mol. The summed E-state index contributed by atoms with van der Waals surface area (Å²) in [7, 11) is 0. The van der Waals surface area contributed by atoms with E-state index in [0.717, 1.165) is 0 Å². The highest BCUT2D eigenvalue weighted by Gasteiger charge is 2.12. The zero-order chi connectivity index (χ0) is 11.7. The van der Waals surface area contributed by atoms with E-state index >= 15 is 0 Å². The molecule has 2 rings (SSSR count). The molecule has 2 aromatic rings. The number of hydrogen-bond donors (Lipinski definition) is 2. The van der Waals surface area contributed by atoms with Crippen LogP contribution in [-0.2, 0) is 4.79 Å². The fraction of sp³-hybridized carbons (Fsp3) is 0. The summed E-state index contributed by atoms with van der Waals surface area (Å²) >= 11 is 0. The van der Waals surface area contributed by atoms with Gasteiger partial charge in [0.1, 0.15) is 11.3 Å². The summed E-state index contributed by atoms with van der Waals surface area (Å²) in [6, 6.07) is 6.32. The number of rotatable bonds is 2. The molecule has 1 heterocycles. The Kier molecular flexibility index (Phi) is 2.32. The van der Waals surface area contributed by atoms with E-state index in [2.05, 4.69) is 11.6 Å². The van der Waals surface area contributed by atoms with E-state index < -0.39 is 5.97 Å². The molecular formula is C12H9NO3. The molecule has 0 fully saturated rings. The number of aliphatic carboxylic acids is 1. The van der Waals surface area contributed by atoms with Gasteiger partial charge in [0.05, 0.1) is 5.57 Å². The Morgan fingerprint density at radius 2 is 2.06 bits per heavy atom. The van der Waals surface area contributed by atoms with Crippen LogP contribution < -0.4 is 0 Å². The highest BCUT2D eigenvalue weighted by molar-refractivity contribution is 6.18. The number of pyridine rings is 1. The molecule has 0 unspecified atom stereocenters. The molecule has 4 nitrogen and oxygen atoms in total. The molecule has 0 saturated heterocycles. The van der Waals surface area contributed by atoms with Crippen LogP contribution in [0.25, 0.3) is 16.5 Å². The molecule has 80 valence electrons. The van der Waals surface area contributed by atoms with Gasteiger partial charge in [0.15, 0.2) is 0 Å². The zero-order valence-corrected chi connectivity index (χ0v) is 8.34. The first-order valence-electron chi connectivity index (χ1n) is 4.60. The second kappa shape index (κ2) is 3.66. The van der Waals surface area contributed by atoms with Gasteiger partial charge in [-0.3, -0.25) is 4.98 Å². The molecule has 0 aliphatic heterocycles. The van der Waals surface area contributed by atoms with E-state index in [-0.39, 0.29) is 11.3 Å². The van der Waals surface area contributed by atoms with Crippen molar-refractivity contribution in [1.82, 2.24) is 4.98 Å². The molecule has 0 bridgehead atoms. The minimum absolute atomic E-state index is 0.0157. The predicted octanol–water partition coefficient (Wildman–Crippen LogP) is 2.04. The van der Waals surface area contributed by atoms with E-state index in [1.165, 1.54) is 18.3 Å². The molecule has 4 heteroatoms. The van der Waals surface area contributed by atoms with E-state index in [1.807, 2.05) is 0 Å². The van der Waals surface area contributed by atoms with Crippen LogP contribution in [0.1, 0.15) is 5.56 Å². The molecule has 1 aromatic carbocycles. The van der Waals surface area contributed by atoms with E-state index in [4.69, 9.17) is 5.11 Å². The molecule has 0 aliphatic rings. The minimum Gasteiger partial charge on any atom is -0.506 e. The van der Waals surface area contributed by atoms with Crippen LogP contribution in [0.3, 0.4) is 0 Å². The maximum absolute atomic E-state index is 10.8. The van der Waals surface area contributed by atoms with Crippen LogP contribution in [0.5, 0.6) is 5.75 Å². The number of carboxylic acid groups (broad SMARTS) is 1. The molecule has 1 aromatic heterocycles. The van der Waals surface area contributed by atoms with E-state index in [0.29, 0.717) is 16.5 Å². The lowest BCUT2D eigenvalue weighted by atomic mass is 10.0. The van der Waals surface area contributed by atoms with Crippen LogP contribution in [-0.4, -0.2) is 21.2 Å². The summed E-state index contributed by atoms with van der Waals surface area (Å²) in [5.74, 6) is -1.06. The average Bonchev–Trinajstić information content (AvgIpc) is 2.29. The number of phenols is 1. The Labute approximate surface area is 91.5 Å². The number of benzene rings is 1. The van der Waals surface area contributed by atoms with Crippen molar-refractivity contribution >= 4 is 22.4 Å². The number of carbonyl (C=O) groups is 1. The molecule has 0 radical (unpaired) electrons. The molecular weight excluding hydrogens is 206 g/mol. The number of carboxylic acids is 1. The molecule has 0 saturated carbocycles. The van der Waals surface area contributed by atoms with Crippen molar-refractivity contribution in [2.24, 2.45) is 0 Å². The number of nitrogens with zero attached hydrogens (tertiary/aromatic N) is 1. The summed E-state index contributed by atoms with van der Waals surface area (Å²) in [6.45, 7) is 3.50. The lowest BCUT2D eigenvalue weighted by Crippen LogP contribution is -1.99. The maximum atomic E-state index is 10.8. The third kappa shape index (κ3) is 1.50. The predicted molar refractivity (Wildman–Crippen MR) is 60.1 cm³/mol. The summed E-state index contributed by atoms with van der Waals surface area (Å²) in [4.78, 5) is 14.8. The first-order valence-corrected chi connectivity index (χ1v) is 4.60. The third-order valence-corrected chi connectivity index (χ3v) is 2.33. The number of fused-ring (bicyclic) bond motifs is 1. The first-order chi connectivity index (χ1) is 7.61. The lowest BCUT2D eigenvalue weighted by molar-refractivity contribution is -0.130. The molecule has 0 spiro atoms. The Bertz CT molecular complexity index is 590. The van der Waals surface area contributed by atoms with Crippen LogP contribution in [0.15, 0.2) is 37.0 Å². The molecule has 16 heavy (non-hydrogen) atoms. The SMILES string of the molecule is C=C(C(=O)O)c1ccc(O)c2ncccc12. The minimum atomic E-state index is -1.09. The van der Waals surface area contributed by atoms with Gasteiger partial charge >= 0.3 is 5.97 Å². The second-order valence-electron chi connectivity index (χ2n) is 3.32. The number of phenolic OH excluding ortho intramolecular Hbond substituents is 1. The van der Waals surface area contributed by atoms with Crippen molar-refractivity contribution < 1.29 is 15.0 Å². The van der Waals surface area contributed by atoms with Crippen LogP contribution in [0, 0.1) is 0 Å². The monoisotopic (exact) mass is 215 g/mol. The van der Waals surface area contributed by atoms with Crippen molar-refractivity contribution in [2.45, 2.75) is 0 Å². The zero-order valence-electron chi connectivity index (χ0n) is 8.34. The van der Waals surface area contributed by atoms with Crippen LogP contribution in [0.2, 0.25) is 0 Å². The molecule has 2 N–H and O–H groups in total. The van der Waals surface area contributed by atoms with Gasteiger partial charge in [-0.25, -0.2) is 4.79 Å². The van der Waals surface area contributed by atoms with Gasteiger partial charge in [0.25, 0.3) is 0 Å². The van der Waals surface area contributed by atoms with Crippen LogP contribution >= 0.6 is 0 Å². The van der Waals surface area contributed by atoms with Gasteiger partial charge in [-0.2, -0.15) is 0 Å². The Hall–Kier alpha value is -2.36. The summed E-state index contributed by atoms with van der Waals surface area (Å²) in [5.41, 5.74) is 0.828. The number of hydrogen-bond acceptors (Lipinski definition) is 3. The topological polar surface area (TPSA) is 70.4 Å². The highest BCUT2D eigenvalue weighted by Crippen LogP contribution is 2.29. The van der Waals surface area contributed by atoms with Crippen molar-refractivity contribution in [3.05, 3.63) is 42.6 Å². The quantitative estimate of drug-likeness (QED) is 0.752. The number of aromatic hydroxyl groups is 1. The van der Waals surface area contributed by atoms with Crippen molar-refractivity contribution in [3.8, 4) is 5.75 Å². The van der Waals surface area contributed by atoms with E-state index in [9.17, 15) is 9.90 Å². The summed E-state index contributed by atoms with van der Waals surface area (Å²) < 4.78 is 0. The largest absolute Gasteiger partial charge is 0.506 e. The summed E-state index contributed by atoms with van der Waals surface area (Å²) in [5, 5.41) is 19.0. The molecule has 0 atom stereocenters. The van der Waals surface area contributed by atoms with Crippen LogP contribution in [0.4, 0.5) is 0 Å². The third-order valence-electron chi connectivity index (χ3n) is 2.33. The van der Waals surface area contributed by atoms with E-state index in [1.54, 1.807) is 12.1 Å². The Morgan fingerprint density at radius 3 is 2.75 bits per heavy atom. The second-order valence-corrected chi connectivity index (χ2v) is 3.32. The van der Waals surface area contributed by atoms with Gasteiger partial charge in [-0.15, -0.1) is 0 Å². The fourth-order valence-corrected chi connectivity index (χ4v) is 1.54. The Morgan fingerprint density at radius 1 is 1.31 bits per heavy atom. The van der Waals surface area contributed by atoms with Gasteiger partial charge in [-0.05, 0) is 23.8 Å². The summed E-state index contributed by atoms with van der Waals surface area (Å²) in [6.07, 6.45) is 1.54. The lowest BCUT2D eigenvalue weighted by Gasteiger charge is -2.06. The van der Waals surface area contributed by atoms with Crippen molar-refractivity contribution in [3.63, 3.8) is 0 Å². The van der Waals surface area contributed by atoms with Gasteiger partial charge < -0.3 is 10.2 Å². The standard InChI is InChI=1S/C12H9NO3/c1-7(12(15)16)8-4-5-10(14)11-9(8)3-2-6-13-11/h2-6,14H,1H2,(H,15,16). The normalized spacial score (nSPS) is 10.2. The van der Waals surface area contributed by atoms with Gasteiger partial charge in [0.2, 0.25) is 0 Å².